The molecule has 1 aliphatic rings. The summed E-state index contributed by atoms with van der Waals surface area (Å²) >= 11 is 0. The number of rotatable bonds is 0. The van der Waals surface area contributed by atoms with Crippen LogP contribution in [0.1, 0.15) is 10.5 Å². The van der Waals surface area contributed by atoms with Gasteiger partial charge in [0.05, 0.1) is 13.4 Å². The lowest BCUT2D eigenvalue weighted by molar-refractivity contribution is -0.698. The van der Waals surface area contributed by atoms with Crippen molar-refractivity contribution in [3.63, 3.8) is 0 Å². The first-order valence-electron chi connectivity index (χ1n) is 3.82. The van der Waals surface area contributed by atoms with Crippen molar-refractivity contribution in [1.29, 1.82) is 0 Å². The minimum Gasteiger partial charge on any atom is -1.00 e. The van der Waals surface area contributed by atoms with Gasteiger partial charge in [0.15, 0.2) is 11.5 Å². The second-order valence-electron chi connectivity index (χ2n) is 2.92. The van der Waals surface area contributed by atoms with Crippen molar-refractivity contribution in [2.24, 2.45) is 0 Å². The molecule has 2 N–H and O–H groups in total. The summed E-state index contributed by atoms with van der Waals surface area (Å²) in [7, 11) is 3.11. The maximum Gasteiger partial charge on any atom is 0.430 e. The highest BCUT2D eigenvalue weighted by molar-refractivity contribution is 6.05. The molecule has 1 aromatic rings. The van der Waals surface area contributed by atoms with Gasteiger partial charge >= 0.3 is 11.9 Å². The first-order valence-corrected chi connectivity index (χ1v) is 3.82. The number of H-pyrrole nitrogens is 1. The van der Waals surface area contributed by atoms with E-state index in [9.17, 15) is 9.59 Å². The summed E-state index contributed by atoms with van der Waals surface area (Å²) in [4.78, 5) is 31.1. The van der Waals surface area contributed by atoms with E-state index in [2.05, 4.69) is 9.97 Å². The smallest absolute Gasteiger partial charge is 0.430 e. The molecule has 0 saturated carbocycles. The fourth-order valence-corrected chi connectivity index (χ4v) is 1.34. The lowest BCUT2D eigenvalue weighted by Crippen LogP contribution is -3.16. The van der Waals surface area contributed by atoms with E-state index >= 15 is 0 Å². The molecule has 0 spiro atoms. The highest BCUT2D eigenvalue weighted by atomic mass is 35.5. The third-order valence-electron chi connectivity index (χ3n) is 2.13. The number of urea groups is 1. The molecule has 14 heavy (non-hydrogen) atoms. The number of amides is 3. The molecule has 76 valence electrons. The van der Waals surface area contributed by atoms with Gasteiger partial charge in [-0.2, -0.15) is 4.90 Å². The van der Waals surface area contributed by atoms with E-state index in [-0.39, 0.29) is 29.2 Å². The van der Waals surface area contributed by atoms with Gasteiger partial charge in [0.2, 0.25) is 0 Å². The average Bonchev–Trinajstić information content (AvgIpc) is 2.59. The van der Waals surface area contributed by atoms with Crippen molar-refractivity contribution < 1.29 is 26.9 Å². The Morgan fingerprint density at radius 2 is 2.14 bits per heavy atom. The highest BCUT2D eigenvalue weighted by Gasteiger charge is 2.39. The van der Waals surface area contributed by atoms with E-state index in [1.807, 2.05) is 0 Å². The second-order valence-corrected chi connectivity index (χ2v) is 2.92. The summed E-state index contributed by atoms with van der Waals surface area (Å²) in [5, 5.41) is 0. The van der Waals surface area contributed by atoms with Crippen LogP contribution in [0, 0.1) is 0 Å². The number of imide groups is 1. The number of quaternary nitrogens is 1. The van der Waals surface area contributed by atoms with Crippen molar-refractivity contribution in [3.8, 4) is 0 Å². The topological polar surface area (TPSA) is 70.5 Å². The zero-order valence-corrected chi connectivity index (χ0v) is 8.42. The summed E-state index contributed by atoms with van der Waals surface area (Å²) in [6.45, 7) is 0. The lowest BCUT2D eigenvalue weighted by Gasteiger charge is -2.21. The minimum absolute atomic E-state index is 0. The van der Waals surface area contributed by atoms with Crippen LogP contribution in [-0.2, 0) is 0 Å². The maximum absolute atomic E-state index is 11.5. The van der Waals surface area contributed by atoms with Gasteiger partial charge in [-0.15, -0.1) is 0 Å². The SMILES string of the molecule is CN1C(=O)[NH+](C)C(=O)c2[nH]cnc21.[Cl-]. The fraction of sp³-hybridized carbons (Fsp3) is 0.286. The quantitative estimate of drug-likeness (QED) is 0.461. The number of nitrogens with zero attached hydrogens (tertiary/aromatic N) is 2. The number of fused-ring (bicyclic) bond motifs is 1. The Labute approximate surface area is 86.3 Å². The molecule has 0 aromatic carbocycles. The molecule has 0 saturated heterocycles. The van der Waals surface area contributed by atoms with Crippen LogP contribution >= 0.6 is 0 Å². The van der Waals surface area contributed by atoms with Crippen LogP contribution in [-0.4, -0.2) is 36.0 Å². The van der Waals surface area contributed by atoms with Gasteiger partial charge < -0.3 is 17.4 Å². The monoisotopic (exact) mass is 216 g/mol. The molecule has 1 aromatic heterocycles. The second kappa shape index (κ2) is 3.39. The van der Waals surface area contributed by atoms with E-state index in [1.165, 1.54) is 18.3 Å². The molecule has 1 atom stereocenters. The Morgan fingerprint density at radius 3 is 2.79 bits per heavy atom. The molecular weight excluding hydrogens is 208 g/mol. The van der Waals surface area contributed by atoms with Crippen molar-refractivity contribution in [2.45, 2.75) is 0 Å². The van der Waals surface area contributed by atoms with E-state index in [0.29, 0.717) is 11.5 Å². The number of hydrogen-bond donors (Lipinski definition) is 2. The van der Waals surface area contributed by atoms with Crippen LogP contribution in [0.4, 0.5) is 10.6 Å². The van der Waals surface area contributed by atoms with Gasteiger partial charge in [-0.25, -0.2) is 19.5 Å². The first kappa shape index (κ1) is 10.7. The van der Waals surface area contributed by atoms with Crippen LogP contribution < -0.4 is 22.2 Å². The molecule has 1 aliphatic heterocycles. The minimum atomic E-state index is -0.287. The van der Waals surface area contributed by atoms with Gasteiger partial charge in [0.1, 0.15) is 0 Å². The number of hydrogen-bond acceptors (Lipinski definition) is 3. The number of nitrogens with one attached hydrogen (secondary N) is 2. The molecule has 3 amide bonds. The Hall–Kier alpha value is -1.40. The first-order chi connectivity index (χ1) is 6.13. The molecule has 0 aliphatic carbocycles. The van der Waals surface area contributed by atoms with Gasteiger partial charge in [-0.05, 0) is 0 Å². The zero-order chi connectivity index (χ0) is 9.59. The number of carbonyl (C=O) groups excluding carboxylic acids is 2. The van der Waals surface area contributed by atoms with Crippen LogP contribution in [0.3, 0.4) is 0 Å². The fourth-order valence-electron chi connectivity index (χ4n) is 1.34. The van der Waals surface area contributed by atoms with E-state index in [1.54, 1.807) is 7.05 Å². The predicted octanol–water partition coefficient (Wildman–Crippen LogP) is -4.36. The predicted molar refractivity (Wildman–Crippen MR) is 43.6 cm³/mol. The molecule has 0 fully saturated rings. The average molecular weight is 217 g/mol. The number of aromatic amines is 1. The third-order valence-corrected chi connectivity index (χ3v) is 2.13. The van der Waals surface area contributed by atoms with Gasteiger partial charge in [0.25, 0.3) is 0 Å². The van der Waals surface area contributed by atoms with Gasteiger partial charge in [-0.1, -0.05) is 0 Å². The standard InChI is InChI=1S/C7H8N4O2.ClH/c1-10-5-4(8-3-9-5)6(12)11(2)7(10)13;/h3H,1-2H3,(H,8,9);1H. The Balaban J connectivity index is 0.000000980. The van der Waals surface area contributed by atoms with Crippen molar-refractivity contribution in [2.75, 3.05) is 19.0 Å². The third kappa shape index (κ3) is 1.19. The number of carbonyl (C=O) groups is 2. The Kier molecular flexibility index (Phi) is 2.59. The number of imidazole rings is 1. The zero-order valence-electron chi connectivity index (χ0n) is 7.67. The van der Waals surface area contributed by atoms with Gasteiger partial charge in [-0.3, -0.25) is 0 Å². The number of anilines is 1. The van der Waals surface area contributed by atoms with Crippen LogP contribution in [0.25, 0.3) is 0 Å². The molecule has 0 radical (unpaired) electrons. The highest BCUT2D eigenvalue weighted by Crippen LogP contribution is 2.15. The van der Waals surface area contributed by atoms with Crippen molar-refractivity contribution >= 4 is 17.8 Å². The normalized spacial score (nSPS) is 20.4. The van der Waals surface area contributed by atoms with E-state index in [4.69, 9.17) is 0 Å². The van der Waals surface area contributed by atoms with Gasteiger partial charge in [0, 0.05) is 7.05 Å². The molecule has 7 heteroatoms. The number of aromatic nitrogens is 2. The molecule has 6 nitrogen and oxygen atoms in total. The molecule has 1 unspecified atom stereocenters. The summed E-state index contributed by atoms with van der Waals surface area (Å²) in [5.41, 5.74) is 0.389. The summed E-state index contributed by atoms with van der Waals surface area (Å²) < 4.78 is 0. The van der Waals surface area contributed by atoms with Crippen molar-refractivity contribution in [1.82, 2.24) is 9.97 Å². The molecule has 0 bridgehead atoms. The van der Waals surface area contributed by atoms with Crippen molar-refractivity contribution in [3.05, 3.63) is 12.0 Å². The Morgan fingerprint density at radius 1 is 1.50 bits per heavy atom. The lowest BCUT2D eigenvalue weighted by atomic mass is 10.3. The molecule has 2 rings (SSSR count). The summed E-state index contributed by atoms with van der Waals surface area (Å²) in [6, 6.07) is -0.287. The maximum atomic E-state index is 11.5. The summed E-state index contributed by atoms with van der Waals surface area (Å²) in [5.74, 6) is 0.135. The van der Waals surface area contributed by atoms with Crippen LogP contribution in [0.2, 0.25) is 0 Å². The van der Waals surface area contributed by atoms with Crippen LogP contribution in [0.5, 0.6) is 0 Å². The number of halogens is 1. The molecule has 2 heterocycles. The van der Waals surface area contributed by atoms with E-state index in [0.717, 1.165) is 0 Å². The van der Waals surface area contributed by atoms with E-state index < -0.39 is 0 Å². The summed E-state index contributed by atoms with van der Waals surface area (Å²) in [6.07, 6.45) is 1.41. The van der Waals surface area contributed by atoms with Crippen LogP contribution in [0.15, 0.2) is 6.33 Å². The molecular formula is C7H9ClN4O2. The largest absolute Gasteiger partial charge is 1.00 e. The Bertz CT molecular complexity index is 389.